The van der Waals surface area contributed by atoms with Gasteiger partial charge in [0.05, 0.1) is 12.5 Å². The van der Waals surface area contributed by atoms with Gasteiger partial charge in [0.15, 0.2) is 0 Å². The second kappa shape index (κ2) is 7.71. The number of rotatable bonds is 8. The maximum atomic E-state index is 10.8. The van der Waals surface area contributed by atoms with Crippen LogP contribution in [-0.2, 0) is 11.2 Å². The molecule has 1 rings (SSSR count). The molecule has 2 unspecified atom stereocenters. The third kappa shape index (κ3) is 4.85. The number of benzene rings is 1. The number of aliphatic carboxylic acids is 1. The fraction of sp³-hybridized carbons (Fsp3) is 0.400. The summed E-state index contributed by atoms with van der Waals surface area (Å²) < 4.78 is 0. The van der Waals surface area contributed by atoms with Crippen LogP contribution >= 0.6 is 0 Å². The molecule has 104 valence electrons. The van der Waals surface area contributed by atoms with Gasteiger partial charge in [-0.15, -0.1) is 6.58 Å². The Morgan fingerprint density at radius 2 is 2.05 bits per heavy atom. The number of aliphatic hydroxyl groups is 1. The average Bonchev–Trinajstić information content (AvgIpc) is 2.42. The molecule has 0 aliphatic carbocycles. The van der Waals surface area contributed by atoms with Crippen LogP contribution in [-0.4, -0.2) is 28.8 Å². The zero-order valence-corrected chi connectivity index (χ0v) is 11.2. The highest BCUT2D eigenvalue weighted by Crippen LogP contribution is 2.20. The Hall–Kier alpha value is -1.65. The molecule has 0 aromatic heterocycles. The SMILES string of the molecule is C=CCNC(CC(=O)O)C(O)c1ccc(CC)cc1. The van der Waals surface area contributed by atoms with Gasteiger partial charge in [0.1, 0.15) is 0 Å². The average molecular weight is 263 g/mol. The molecular weight excluding hydrogens is 242 g/mol. The lowest BCUT2D eigenvalue weighted by Gasteiger charge is -2.22. The van der Waals surface area contributed by atoms with E-state index < -0.39 is 18.1 Å². The highest BCUT2D eigenvalue weighted by atomic mass is 16.4. The van der Waals surface area contributed by atoms with E-state index in [1.165, 1.54) is 5.56 Å². The van der Waals surface area contributed by atoms with Crippen molar-refractivity contribution in [2.24, 2.45) is 0 Å². The predicted octanol–water partition coefficient (Wildman–Crippen LogP) is 1.90. The molecule has 0 aliphatic rings. The van der Waals surface area contributed by atoms with E-state index in [9.17, 15) is 9.90 Å². The summed E-state index contributed by atoms with van der Waals surface area (Å²) in [5.74, 6) is -0.939. The lowest BCUT2D eigenvalue weighted by atomic mass is 9.98. The van der Waals surface area contributed by atoms with Crippen molar-refractivity contribution >= 4 is 5.97 Å². The molecule has 0 fully saturated rings. The van der Waals surface area contributed by atoms with Crippen LogP contribution in [0, 0.1) is 0 Å². The molecule has 0 amide bonds. The van der Waals surface area contributed by atoms with Crippen molar-refractivity contribution in [3.05, 3.63) is 48.0 Å². The summed E-state index contributed by atoms with van der Waals surface area (Å²) in [5.41, 5.74) is 1.91. The van der Waals surface area contributed by atoms with Crippen molar-refractivity contribution in [1.82, 2.24) is 5.32 Å². The minimum Gasteiger partial charge on any atom is -0.481 e. The quantitative estimate of drug-likeness (QED) is 0.627. The van der Waals surface area contributed by atoms with Crippen LogP contribution in [0.25, 0.3) is 0 Å². The number of carboxylic acid groups (broad SMARTS) is 1. The molecule has 4 heteroatoms. The monoisotopic (exact) mass is 263 g/mol. The predicted molar refractivity (Wildman–Crippen MR) is 75.0 cm³/mol. The van der Waals surface area contributed by atoms with Crippen LogP contribution in [0.15, 0.2) is 36.9 Å². The number of hydrogen-bond donors (Lipinski definition) is 3. The number of carbonyl (C=O) groups is 1. The van der Waals surface area contributed by atoms with Gasteiger partial charge < -0.3 is 15.5 Å². The number of carboxylic acids is 1. The second-order valence-corrected chi connectivity index (χ2v) is 4.44. The Morgan fingerprint density at radius 1 is 1.42 bits per heavy atom. The molecule has 1 aromatic rings. The molecule has 19 heavy (non-hydrogen) atoms. The van der Waals surface area contributed by atoms with Crippen molar-refractivity contribution in [2.75, 3.05) is 6.54 Å². The summed E-state index contributed by atoms with van der Waals surface area (Å²) in [6.45, 7) is 6.10. The maximum Gasteiger partial charge on any atom is 0.305 e. The van der Waals surface area contributed by atoms with E-state index in [1.807, 2.05) is 24.3 Å². The molecule has 1 aromatic carbocycles. The van der Waals surface area contributed by atoms with Crippen LogP contribution in [0.3, 0.4) is 0 Å². The fourth-order valence-corrected chi connectivity index (χ4v) is 1.90. The number of aliphatic hydroxyl groups excluding tert-OH is 1. The van der Waals surface area contributed by atoms with Crippen molar-refractivity contribution in [1.29, 1.82) is 0 Å². The van der Waals surface area contributed by atoms with Crippen LogP contribution < -0.4 is 5.32 Å². The van der Waals surface area contributed by atoms with Gasteiger partial charge in [0.25, 0.3) is 0 Å². The summed E-state index contributed by atoms with van der Waals surface area (Å²) in [5, 5.41) is 22.1. The number of hydrogen-bond acceptors (Lipinski definition) is 3. The summed E-state index contributed by atoms with van der Waals surface area (Å²) in [7, 11) is 0. The maximum absolute atomic E-state index is 10.8. The van der Waals surface area contributed by atoms with Crippen molar-refractivity contribution in [3.63, 3.8) is 0 Å². The molecule has 0 heterocycles. The summed E-state index contributed by atoms with van der Waals surface area (Å²) in [6.07, 6.45) is 1.59. The first kappa shape index (κ1) is 15.4. The van der Waals surface area contributed by atoms with E-state index in [0.29, 0.717) is 6.54 Å². The van der Waals surface area contributed by atoms with E-state index in [0.717, 1.165) is 12.0 Å². The Balaban J connectivity index is 2.80. The van der Waals surface area contributed by atoms with Gasteiger partial charge >= 0.3 is 5.97 Å². The number of aryl methyl sites for hydroxylation is 1. The van der Waals surface area contributed by atoms with Crippen LogP contribution in [0.5, 0.6) is 0 Å². The minimum atomic E-state index is -0.939. The van der Waals surface area contributed by atoms with E-state index in [1.54, 1.807) is 6.08 Å². The normalized spacial score (nSPS) is 13.8. The number of nitrogens with one attached hydrogen (secondary N) is 1. The van der Waals surface area contributed by atoms with Gasteiger partial charge in [-0.25, -0.2) is 0 Å². The Labute approximate surface area is 113 Å². The molecule has 2 atom stereocenters. The third-order valence-electron chi connectivity index (χ3n) is 3.03. The minimum absolute atomic E-state index is 0.134. The Bertz CT molecular complexity index is 414. The lowest BCUT2D eigenvalue weighted by molar-refractivity contribution is -0.138. The fourth-order valence-electron chi connectivity index (χ4n) is 1.90. The lowest BCUT2D eigenvalue weighted by Crippen LogP contribution is -2.37. The third-order valence-corrected chi connectivity index (χ3v) is 3.03. The molecule has 0 radical (unpaired) electrons. The smallest absolute Gasteiger partial charge is 0.305 e. The molecular formula is C15H21NO3. The van der Waals surface area contributed by atoms with Gasteiger partial charge in [0, 0.05) is 12.6 Å². The topological polar surface area (TPSA) is 69.6 Å². The van der Waals surface area contributed by atoms with Gasteiger partial charge in [-0.1, -0.05) is 37.3 Å². The zero-order chi connectivity index (χ0) is 14.3. The van der Waals surface area contributed by atoms with Crippen LogP contribution in [0.2, 0.25) is 0 Å². The highest BCUT2D eigenvalue weighted by Gasteiger charge is 2.22. The molecule has 4 nitrogen and oxygen atoms in total. The van der Waals surface area contributed by atoms with Gasteiger partial charge in [-0.3, -0.25) is 4.79 Å². The van der Waals surface area contributed by atoms with E-state index in [-0.39, 0.29) is 6.42 Å². The molecule has 0 saturated heterocycles. The zero-order valence-electron chi connectivity index (χ0n) is 11.2. The van der Waals surface area contributed by atoms with Crippen LogP contribution in [0.1, 0.15) is 30.6 Å². The standard InChI is InChI=1S/C15H21NO3/c1-3-9-16-13(10-14(17)18)15(19)12-7-5-11(4-2)6-8-12/h3,5-8,13,15-16,19H,1,4,9-10H2,2H3,(H,17,18). The van der Waals surface area contributed by atoms with Crippen molar-refractivity contribution in [3.8, 4) is 0 Å². The first-order valence-corrected chi connectivity index (χ1v) is 6.41. The van der Waals surface area contributed by atoms with E-state index in [2.05, 4.69) is 18.8 Å². The second-order valence-electron chi connectivity index (χ2n) is 4.44. The highest BCUT2D eigenvalue weighted by molar-refractivity contribution is 5.67. The van der Waals surface area contributed by atoms with E-state index in [4.69, 9.17) is 5.11 Å². The largest absolute Gasteiger partial charge is 0.481 e. The van der Waals surface area contributed by atoms with E-state index >= 15 is 0 Å². The molecule has 0 saturated carbocycles. The first-order chi connectivity index (χ1) is 9.08. The Morgan fingerprint density at radius 3 is 2.53 bits per heavy atom. The van der Waals surface area contributed by atoms with Crippen LogP contribution in [0.4, 0.5) is 0 Å². The van der Waals surface area contributed by atoms with Gasteiger partial charge in [-0.05, 0) is 17.5 Å². The molecule has 0 spiro atoms. The molecule has 3 N–H and O–H groups in total. The summed E-state index contributed by atoms with van der Waals surface area (Å²) >= 11 is 0. The molecule has 0 aliphatic heterocycles. The summed E-state index contributed by atoms with van der Waals surface area (Å²) in [6, 6.07) is 7.05. The van der Waals surface area contributed by atoms with Gasteiger partial charge in [0.2, 0.25) is 0 Å². The summed E-state index contributed by atoms with van der Waals surface area (Å²) in [4.78, 5) is 10.8. The van der Waals surface area contributed by atoms with Gasteiger partial charge in [-0.2, -0.15) is 0 Å². The first-order valence-electron chi connectivity index (χ1n) is 6.41. The Kier molecular flexibility index (Phi) is 6.25. The van der Waals surface area contributed by atoms with Crippen molar-refractivity contribution in [2.45, 2.75) is 31.9 Å². The van der Waals surface area contributed by atoms with Crippen molar-refractivity contribution < 1.29 is 15.0 Å². The molecule has 0 bridgehead atoms.